The van der Waals surface area contributed by atoms with Gasteiger partial charge in [-0.2, -0.15) is 0 Å². The van der Waals surface area contributed by atoms with Gasteiger partial charge in [-0.1, -0.05) is 54.6 Å². The Hall–Kier alpha value is -5.79. The van der Waals surface area contributed by atoms with E-state index in [1.54, 1.807) is 12.1 Å². The van der Waals surface area contributed by atoms with Gasteiger partial charge >= 0.3 is 11.9 Å². The van der Waals surface area contributed by atoms with Gasteiger partial charge in [0, 0.05) is 31.4 Å². The molecule has 3 aromatic rings. The van der Waals surface area contributed by atoms with Crippen molar-refractivity contribution in [3.8, 4) is 0 Å². The van der Waals surface area contributed by atoms with Gasteiger partial charge in [-0.05, 0) is 46.9 Å². The van der Waals surface area contributed by atoms with E-state index < -0.39 is 66.5 Å². The summed E-state index contributed by atoms with van der Waals surface area (Å²) in [5, 5.41) is 29.8. The van der Waals surface area contributed by atoms with Gasteiger partial charge in [-0.15, -0.1) is 0 Å². The van der Waals surface area contributed by atoms with E-state index in [1.165, 1.54) is 12.1 Å². The third kappa shape index (κ3) is 10.7. The number of hydrogen-bond donors (Lipinski definition) is 7. The Morgan fingerprint density at radius 3 is 1.93 bits per heavy atom. The van der Waals surface area contributed by atoms with Gasteiger partial charge in [0.15, 0.2) is 0 Å². The van der Waals surface area contributed by atoms with Crippen LogP contribution in [0.5, 0.6) is 0 Å². The number of carbonyl (C=O) groups is 7. The van der Waals surface area contributed by atoms with Gasteiger partial charge in [-0.25, -0.2) is 0 Å². The Morgan fingerprint density at radius 2 is 1.33 bits per heavy atom. The van der Waals surface area contributed by atoms with E-state index in [0.29, 0.717) is 5.56 Å². The fraction of sp³-hybridized carbons (Fsp3) is 0.281. The molecule has 0 fully saturated rings. The van der Waals surface area contributed by atoms with Gasteiger partial charge in [0.25, 0.3) is 5.91 Å². The number of carbonyl (C=O) groups excluding carboxylic acids is 5. The second-order valence-corrected chi connectivity index (χ2v) is 10.5. The molecular weight excluding hydrogens is 598 g/mol. The molecule has 0 unspecified atom stereocenters. The molecular formula is C32H35N5O9. The van der Waals surface area contributed by atoms with Crippen molar-refractivity contribution in [2.45, 2.75) is 56.8 Å². The van der Waals surface area contributed by atoms with Crippen LogP contribution in [0.2, 0.25) is 0 Å². The molecule has 242 valence electrons. The van der Waals surface area contributed by atoms with Crippen molar-refractivity contribution in [2.75, 3.05) is 0 Å². The molecule has 8 N–H and O–H groups in total. The summed E-state index contributed by atoms with van der Waals surface area (Å²) >= 11 is 0. The van der Waals surface area contributed by atoms with Gasteiger partial charge in [0.2, 0.25) is 24.1 Å². The Balaban J connectivity index is 1.60. The molecule has 0 saturated carbocycles. The van der Waals surface area contributed by atoms with Crippen molar-refractivity contribution in [1.82, 2.24) is 21.3 Å². The lowest BCUT2D eigenvalue weighted by Crippen LogP contribution is -2.52. The molecule has 3 rings (SSSR count). The molecule has 0 spiro atoms. The minimum atomic E-state index is -1.29. The first-order valence-corrected chi connectivity index (χ1v) is 14.3. The van der Waals surface area contributed by atoms with Crippen molar-refractivity contribution in [2.24, 2.45) is 5.73 Å². The highest BCUT2D eigenvalue weighted by molar-refractivity contribution is 5.97. The number of nitrogens with one attached hydrogen (secondary N) is 4. The first-order chi connectivity index (χ1) is 22.0. The number of aliphatic carboxylic acids is 2. The zero-order valence-corrected chi connectivity index (χ0v) is 24.7. The highest BCUT2D eigenvalue weighted by Gasteiger charge is 2.26. The quantitative estimate of drug-likeness (QED) is 0.0971. The number of primary amides is 1. The molecule has 0 aliphatic heterocycles. The molecule has 0 heterocycles. The average molecular weight is 634 g/mol. The lowest BCUT2D eigenvalue weighted by atomic mass is 10.0. The fourth-order valence-corrected chi connectivity index (χ4v) is 4.60. The normalized spacial score (nSPS) is 12.6. The van der Waals surface area contributed by atoms with Gasteiger partial charge in [0.1, 0.15) is 18.1 Å². The van der Waals surface area contributed by atoms with Gasteiger partial charge in [0.05, 0.1) is 0 Å². The van der Waals surface area contributed by atoms with Crippen LogP contribution in [-0.2, 0) is 41.7 Å². The van der Waals surface area contributed by atoms with Crippen LogP contribution in [0.3, 0.4) is 0 Å². The predicted octanol–water partition coefficient (Wildman–Crippen LogP) is 0.611. The number of carboxylic acids is 2. The number of rotatable bonds is 18. The lowest BCUT2D eigenvalue weighted by Gasteiger charge is -2.21. The number of fused-ring (bicyclic) bond motifs is 1. The molecule has 0 bridgehead atoms. The summed E-state index contributed by atoms with van der Waals surface area (Å²) in [5.41, 5.74) is 7.20. The maximum Gasteiger partial charge on any atom is 0.303 e. The van der Waals surface area contributed by atoms with Crippen LogP contribution in [0.15, 0.2) is 66.7 Å². The summed E-state index contributed by atoms with van der Waals surface area (Å²) in [5.74, 6) is -5.17. The largest absolute Gasteiger partial charge is 0.481 e. The average Bonchev–Trinajstić information content (AvgIpc) is 3.03. The van der Waals surface area contributed by atoms with E-state index in [-0.39, 0.29) is 37.8 Å². The van der Waals surface area contributed by atoms with E-state index >= 15 is 0 Å². The SMILES string of the molecule is NC(=O)[C@H](Cc1ccc2ccccc2c1)NC(=O)c1ccc(CNC(=O)[C@H](CCC(=O)O)NC(=O)[C@H](CCC(=O)O)NC=O)cc1. The van der Waals surface area contributed by atoms with Crippen molar-refractivity contribution >= 4 is 52.7 Å². The van der Waals surface area contributed by atoms with Gasteiger partial charge in [-0.3, -0.25) is 33.6 Å². The zero-order valence-electron chi connectivity index (χ0n) is 24.7. The van der Waals surface area contributed by atoms with E-state index in [9.17, 15) is 33.6 Å². The number of amides is 5. The molecule has 0 radical (unpaired) electrons. The van der Waals surface area contributed by atoms with Crippen LogP contribution in [0, 0.1) is 0 Å². The van der Waals surface area contributed by atoms with Crippen molar-refractivity contribution < 1.29 is 43.8 Å². The summed E-state index contributed by atoms with van der Waals surface area (Å²) in [6.07, 6.45) is -0.957. The Bertz CT molecular complexity index is 1590. The first kappa shape index (κ1) is 34.7. The third-order valence-corrected chi connectivity index (χ3v) is 7.10. The Labute approximate surface area is 263 Å². The number of carboxylic acid groups (broad SMARTS) is 2. The Kier molecular flexibility index (Phi) is 12.7. The fourth-order valence-electron chi connectivity index (χ4n) is 4.60. The van der Waals surface area contributed by atoms with E-state index in [1.807, 2.05) is 42.5 Å². The standard InChI is InChI=1S/C32H35N5O9/c33-29(43)26(16-20-7-8-21-3-1-2-4-23(21)15-20)37-30(44)22-9-5-19(6-10-22)17-34-31(45)25(12-14-28(41)42)36-32(46)24(35-18-38)11-13-27(39)40/h1-10,15,18,24-26H,11-14,16-17H2,(H2,33,43)(H,34,45)(H,35,38)(H,36,46)(H,37,44)(H,39,40)(H,41,42)/t24-,25-,26-/m0/s1. The highest BCUT2D eigenvalue weighted by atomic mass is 16.4. The minimum absolute atomic E-state index is 0.0406. The molecule has 0 aliphatic rings. The van der Waals surface area contributed by atoms with Crippen LogP contribution < -0.4 is 27.0 Å². The molecule has 14 nitrogen and oxygen atoms in total. The predicted molar refractivity (Wildman–Crippen MR) is 165 cm³/mol. The Morgan fingerprint density at radius 1 is 0.717 bits per heavy atom. The molecule has 3 atom stereocenters. The van der Waals surface area contributed by atoms with Crippen molar-refractivity contribution in [1.29, 1.82) is 0 Å². The molecule has 5 amide bonds. The second kappa shape index (κ2) is 16.9. The van der Waals surface area contributed by atoms with Crippen LogP contribution in [0.25, 0.3) is 10.8 Å². The second-order valence-electron chi connectivity index (χ2n) is 10.5. The zero-order chi connectivity index (χ0) is 33.6. The van der Waals surface area contributed by atoms with E-state index in [2.05, 4.69) is 21.3 Å². The molecule has 0 aliphatic carbocycles. The van der Waals surface area contributed by atoms with Gasteiger partial charge < -0.3 is 37.2 Å². The summed E-state index contributed by atoms with van der Waals surface area (Å²) < 4.78 is 0. The van der Waals surface area contributed by atoms with Crippen LogP contribution in [0.4, 0.5) is 0 Å². The molecule has 3 aromatic carbocycles. The monoisotopic (exact) mass is 633 g/mol. The smallest absolute Gasteiger partial charge is 0.303 e. The first-order valence-electron chi connectivity index (χ1n) is 14.3. The summed E-state index contributed by atoms with van der Waals surface area (Å²) in [7, 11) is 0. The number of benzene rings is 3. The highest BCUT2D eigenvalue weighted by Crippen LogP contribution is 2.17. The minimum Gasteiger partial charge on any atom is -0.481 e. The van der Waals surface area contributed by atoms with Crippen molar-refractivity contribution in [3.05, 3.63) is 83.4 Å². The summed E-state index contributed by atoms with van der Waals surface area (Å²) in [4.78, 5) is 83.4. The van der Waals surface area contributed by atoms with E-state index in [4.69, 9.17) is 15.9 Å². The maximum absolute atomic E-state index is 12.9. The molecule has 46 heavy (non-hydrogen) atoms. The summed E-state index contributed by atoms with van der Waals surface area (Å²) in [6, 6.07) is 16.1. The number of hydrogen-bond acceptors (Lipinski definition) is 7. The molecule has 14 heteroatoms. The third-order valence-electron chi connectivity index (χ3n) is 7.10. The maximum atomic E-state index is 12.9. The van der Waals surface area contributed by atoms with E-state index in [0.717, 1.165) is 16.3 Å². The topological polar surface area (TPSA) is 234 Å². The van der Waals surface area contributed by atoms with Crippen molar-refractivity contribution in [3.63, 3.8) is 0 Å². The number of nitrogens with two attached hydrogens (primary N) is 1. The van der Waals surface area contributed by atoms with Crippen LogP contribution in [0.1, 0.15) is 47.2 Å². The van der Waals surface area contributed by atoms with Crippen LogP contribution >= 0.6 is 0 Å². The summed E-state index contributed by atoms with van der Waals surface area (Å²) in [6.45, 7) is -0.0406. The molecule has 0 aromatic heterocycles. The molecule has 0 saturated heterocycles. The lowest BCUT2D eigenvalue weighted by molar-refractivity contribution is -0.139. The van der Waals surface area contributed by atoms with Crippen LogP contribution in [-0.4, -0.2) is 70.3 Å².